The second kappa shape index (κ2) is 13.8. The van der Waals surface area contributed by atoms with E-state index in [4.69, 9.17) is 16.3 Å². The average Bonchev–Trinajstić information content (AvgIpc) is 2.81. The summed E-state index contributed by atoms with van der Waals surface area (Å²) in [5.41, 5.74) is 3.26. The molecule has 0 fully saturated rings. The quantitative estimate of drug-likeness (QED) is 0.325. The third kappa shape index (κ3) is 8.99. The van der Waals surface area contributed by atoms with Gasteiger partial charge in [-0.1, -0.05) is 74.7 Å². The lowest BCUT2D eigenvalue weighted by Crippen LogP contribution is -2.54. The number of benzene rings is 2. The molecule has 0 bridgehead atoms. The Labute approximate surface area is 238 Å². The number of rotatable bonds is 10. The summed E-state index contributed by atoms with van der Waals surface area (Å²) in [6.07, 6.45) is 0.827. The number of carbonyl (C=O) groups is 3. The summed E-state index contributed by atoms with van der Waals surface area (Å²) in [5, 5.41) is 6.17. The van der Waals surface area contributed by atoms with Gasteiger partial charge in [-0.15, -0.1) is 0 Å². The molecule has 0 aliphatic rings. The van der Waals surface area contributed by atoms with Gasteiger partial charge in [-0.2, -0.15) is 0 Å². The minimum absolute atomic E-state index is 0.247. The van der Waals surface area contributed by atoms with E-state index in [2.05, 4.69) is 10.6 Å². The molecule has 2 atom stereocenters. The van der Waals surface area contributed by atoms with E-state index in [1.165, 1.54) is 0 Å². The third-order valence-corrected chi connectivity index (χ3v) is 6.71. The van der Waals surface area contributed by atoms with Gasteiger partial charge in [0.15, 0.2) is 0 Å². The Morgan fingerprint density at radius 2 is 1.69 bits per heavy atom. The summed E-state index contributed by atoms with van der Waals surface area (Å²) in [4.78, 5) is 42.6. The number of nitrogens with one attached hydrogen (secondary N) is 2. The van der Waals surface area contributed by atoms with E-state index in [-0.39, 0.29) is 17.7 Å². The predicted molar refractivity (Wildman–Crippen MR) is 158 cm³/mol. The van der Waals surface area contributed by atoms with Gasteiger partial charge in [0.2, 0.25) is 5.91 Å². The molecule has 2 N–H and O–H groups in total. The van der Waals surface area contributed by atoms with E-state index in [1.54, 1.807) is 31.7 Å². The van der Waals surface area contributed by atoms with E-state index in [0.717, 1.165) is 23.1 Å². The van der Waals surface area contributed by atoms with Crippen molar-refractivity contribution < 1.29 is 19.1 Å². The molecule has 7 nitrogen and oxygen atoms in total. The Morgan fingerprint density at radius 3 is 2.23 bits per heavy atom. The molecule has 3 amide bonds. The van der Waals surface area contributed by atoms with E-state index in [9.17, 15) is 14.4 Å². The number of halogens is 1. The first-order chi connectivity index (χ1) is 18.2. The van der Waals surface area contributed by atoms with Crippen LogP contribution in [-0.4, -0.2) is 41.0 Å². The Balaban J connectivity index is 2.61. The second-order valence-corrected chi connectivity index (χ2v) is 11.8. The molecule has 0 heterocycles. The first kappa shape index (κ1) is 32.2. The number of alkyl carbamates (subject to hydrolysis) is 1. The van der Waals surface area contributed by atoms with Crippen molar-refractivity contribution in [1.29, 1.82) is 0 Å². The number of aryl methyl sites for hydroxylation is 3. The molecule has 2 rings (SSSR count). The molecule has 39 heavy (non-hydrogen) atoms. The van der Waals surface area contributed by atoms with Gasteiger partial charge in [-0.05, 0) is 76.6 Å². The topological polar surface area (TPSA) is 87.7 Å². The zero-order valence-corrected chi connectivity index (χ0v) is 25.5. The number of ether oxygens (including phenoxy) is 1. The van der Waals surface area contributed by atoms with Gasteiger partial charge in [-0.25, -0.2) is 4.79 Å². The summed E-state index contributed by atoms with van der Waals surface area (Å²) >= 11 is 6.45. The molecule has 0 saturated carbocycles. The summed E-state index contributed by atoms with van der Waals surface area (Å²) < 4.78 is 5.44. The van der Waals surface area contributed by atoms with Gasteiger partial charge >= 0.3 is 6.09 Å². The molecule has 0 aliphatic heterocycles. The predicted octanol–water partition coefficient (Wildman–Crippen LogP) is 7.12. The SMILES string of the molecule is CCCCN(C(=O)C(NC(=O)OC(C)(C)C)C(C)C)C(C(=O)Nc1c(C)cccc1Cl)c1ccc(C)cc1C. The summed E-state index contributed by atoms with van der Waals surface area (Å²) in [6, 6.07) is 9.40. The van der Waals surface area contributed by atoms with Gasteiger partial charge in [0.25, 0.3) is 5.91 Å². The Bertz CT molecular complexity index is 1150. The molecule has 8 heteroatoms. The van der Waals surface area contributed by atoms with Crippen LogP contribution < -0.4 is 10.6 Å². The van der Waals surface area contributed by atoms with Gasteiger partial charge in [0.05, 0.1) is 10.7 Å². The van der Waals surface area contributed by atoms with Crippen LogP contribution in [-0.2, 0) is 14.3 Å². The van der Waals surface area contributed by atoms with Crippen LogP contribution in [0.15, 0.2) is 36.4 Å². The van der Waals surface area contributed by atoms with Crippen LogP contribution in [0.4, 0.5) is 10.5 Å². The molecule has 0 aromatic heterocycles. The second-order valence-electron chi connectivity index (χ2n) is 11.4. The van der Waals surface area contributed by atoms with Crippen molar-refractivity contribution in [3.63, 3.8) is 0 Å². The van der Waals surface area contributed by atoms with Crippen LogP contribution in [0.2, 0.25) is 5.02 Å². The van der Waals surface area contributed by atoms with Gasteiger partial charge < -0.3 is 20.3 Å². The molecule has 214 valence electrons. The number of amides is 3. The lowest BCUT2D eigenvalue weighted by Gasteiger charge is -2.36. The zero-order valence-electron chi connectivity index (χ0n) is 24.8. The van der Waals surface area contributed by atoms with Crippen LogP contribution in [0.25, 0.3) is 0 Å². The molecular formula is C31H44ClN3O4. The molecular weight excluding hydrogens is 514 g/mol. The van der Waals surface area contributed by atoms with Crippen LogP contribution >= 0.6 is 11.6 Å². The molecule has 0 saturated heterocycles. The van der Waals surface area contributed by atoms with Crippen LogP contribution in [0.5, 0.6) is 0 Å². The number of unbranched alkanes of at least 4 members (excludes halogenated alkanes) is 1. The minimum Gasteiger partial charge on any atom is -0.444 e. The average molecular weight is 558 g/mol. The largest absolute Gasteiger partial charge is 0.444 e. The summed E-state index contributed by atoms with van der Waals surface area (Å²) in [7, 11) is 0. The molecule has 2 aromatic carbocycles. The molecule has 2 unspecified atom stereocenters. The van der Waals surface area contributed by atoms with Crippen LogP contribution in [0, 0.1) is 26.7 Å². The van der Waals surface area contributed by atoms with Crippen molar-refractivity contribution in [3.05, 3.63) is 63.7 Å². The fraction of sp³-hybridized carbons (Fsp3) is 0.516. The van der Waals surface area contributed by atoms with Gasteiger partial charge in [0.1, 0.15) is 17.7 Å². The Kier molecular flexibility index (Phi) is 11.4. The maximum atomic E-state index is 14.2. The first-order valence-electron chi connectivity index (χ1n) is 13.6. The van der Waals surface area contributed by atoms with Crippen molar-refractivity contribution in [1.82, 2.24) is 10.2 Å². The molecule has 0 radical (unpaired) electrons. The number of nitrogens with zero attached hydrogens (tertiary/aromatic N) is 1. The van der Waals surface area contributed by atoms with Crippen molar-refractivity contribution in [2.45, 2.75) is 92.8 Å². The van der Waals surface area contributed by atoms with Crippen molar-refractivity contribution >= 4 is 35.2 Å². The van der Waals surface area contributed by atoms with E-state index in [0.29, 0.717) is 29.2 Å². The number of para-hydroxylation sites is 1. The molecule has 0 aliphatic carbocycles. The van der Waals surface area contributed by atoms with E-state index in [1.807, 2.05) is 71.9 Å². The Hall–Kier alpha value is -3.06. The normalized spacial score (nSPS) is 13.0. The number of carbonyl (C=O) groups excluding carboxylic acids is 3. The smallest absolute Gasteiger partial charge is 0.408 e. The van der Waals surface area contributed by atoms with Crippen LogP contribution in [0.1, 0.15) is 82.7 Å². The van der Waals surface area contributed by atoms with E-state index >= 15 is 0 Å². The number of hydrogen-bond acceptors (Lipinski definition) is 4. The van der Waals surface area contributed by atoms with E-state index < -0.39 is 23.8 Å². The van der Waals surface area contributed by atoms with Crippen molar-refractivity contribution in [3.8, 4) is 0 Å². The standard InChI is InChI=1S/C31H44ClN3O4/c1-10-11-17-35(29(37)25(19(2)3)34-30(38)39-31(7,8)9)27(23-16-15-20(4)18-22(23)6)28(36)33-26-21(5)13-12-14-24(26)32/h12-16,18-19,25,27H,10-11,17H2,1-9H3,(H,33,36)(H,34,38). The lowest BCUT2D eigenvalue weighted by molar-refractivity contribution is -0.141. The maximum absolute atomic E-state index is 14.2. The van der Waals surface area contributed by atoms with Gasteiger partial charge in [-0.3, -0.25) is 9.59 Å². The zero-order chi connectivity index (χ0) is 29.5. The third-order valence-electron chi connectivity index (χ3n) is 6.39. The van der Waals surface area contributed by atoms with Crippen molar-refractivity contribution in [2.75, 3.05) is 11.9 Å². The number of hydrogen-bond donors (Lipinski definition) is 2. The van der Waals surface area contributed by atoms with Crippen molar-refractivity contribution in [2.24, 2.45) is 5.92 Å². The fourth-order valence-corrected chi connectivity index (χ4v) is 4.66. The fourth-order valence-electron chi connectivity index (χ4n) is 4.39. The highest BCUT2D eigenvalue weighted by Gasteiger charge is 2.38. The first-order valence-corrected chi connectivity index (χ1v) is 14.0. The minimum atomic E-state index is -0.943. The number of anilines is 1. The monoisotopic (exact) mass is 557 g/mol. The Morgan fingerprint density at radius 1 is 1.03 bits per heavy atom. The lowest BCUT2D eigenvalue weighted by atomic mass is 9.94. The summed E-state index contributed by atoms with van der Waals surface area (Å²) in [6.45, 7) is 17.2. The molecule has 2 aromatic rings. The summed E-state index contributed by atoms with van der Waals surface area (Å²) in [5.74, 6) is -0.967. The maximum Gasteiger partial charge on any atom is 0.408 e. The highest BCUT2D eigenvalue weighted by Crippen LogP contribution is 2.31. The molecule has 0 spiro atoms. The highest BCUT2D eigenvalue weighted by molar-refractivity contribution is 6.34. The van der Waals surface area contributed by atoms with Gasteiger partial charge in [0, 0.05) is 6.54 Å². The highest BCUT2D eigenvalue weighted by atomic mass is 35.5. The van der Waals surface area contributed by atoms with Crippen LogP contribution in [0.3, 0.4) is 0 Å².